The van der Waals surface area contributed by atoms with E-state index in [1.54, 1.807) is 6.92 Å². The van der Waals surface area contributed by atoms with Crippen LogP contribution in [0, 0.1) is 6.92 Å². The van der Waals surface area contributed by atoms with E-state index in [1.165, 1.54) is 5.56 Å². The molecule has 5 heteroatoms. The van der Waals surface area contributed by atoms with Gasteiger partial charge in [0.25, 0.3) is 0 Å². The summed E-state index contributed by atoms with van der Waals surface area (Å²) in [5.41, 5.74) is 1.59. The van der Waals surface area contributed by atoms with Crippen LogP contribution >= 0.6 is 0 Å². The monoisotopic (exact) mass is 308 g/mol. The first kappa shape index (κ1) is 18.2. The molecule has 0 N–H and O–H groups in total. The smallest absolute Gasteiger partial charge is 0.333 e. The molecule has 0 heterocycles. The van der Waals surface area contributed by atoms with Crippen LogP contribution in [-0.2, 0) is 19.0 Å². The summed E-state index contributed by atoms with van der Waals surface area (Å²) in [5, 5.41) is 0. The maximum absolute atomic E-state index is 11.1. The van der Waals surface area contributed by atoms with Crippen molar-refractivity contribution < 1.29 is 23.7 Å². The van der Waals surface area contributed by atoms with Gasteiger partial charge in [-0.05, 0) is 26.0 Å². The first-order valence-corrected chi connectivity index (χ1v) is 7.27. The third-order valence-corrected chi connectivity index (χ3v) is 2.70. The summed E-state index contributed by atoms with van der Waals surface area (Å²) in [6, 6.07) is 7.88. The highest BCUT2D eigenvalue weighted by Gasteiger charge is 2.01. The summed E-state index contributed by atoms with van der Waals surface area (Å²) in [6.45, 7) is 9.64. The molecule has 0 radical (unpaired) electrons. The summed E-state index contributed by atoms with van der Waals surface area (Å²) < 4.78 is 21.0. The Morgan fingerprint density at radius 2 is 1.50 bits per heavy atom. The first-order chi connectivity index (χ1) is 10.6. The van der Waals surface area contributed by atoms with Gasteiger partial charge in [-0.1, -0.05) is 24.3 Å². The van der Waals surface area contributed by atoms with Gasteiger partial charge in [-0.2, -0.15) is 0 Å². The van der Waals surface area contributed by atoms with Crippen LogP contribution in [0.4, 0.5) is 0 Å². The molecule has 1 rings (SSSR count). The van der Waals surface area contributed by atoms with Crippen molar-refractivity contribution >= 4 is 5.97 Å². The molecule has 0 spiro atoms. The Hall–Kier alpha value is -1.85. The standard InChI is InChI=1S/C17H24O5/c1-14(2)17(18)22-13-11-20-9-8-19-10-12-21-16-6-4-15(3)5-7-16/h4-7H,1,8-13H2,2-3H3. The topological polar surface area (TPSA) is 54.0 Å². The lowest BCUT2D eigenvalue weighted by atomic mass is 10.2. The average Bonchev–Trinajstić information content (AvgIpc) is 2.50. The lowest BCUT2D eigenvalue weighted by Crippen LogP contribution is -2.14. The molecule has 0 saturated carbocycles. The third-order valence-electron chi connectivity index (χ3n) is 2.70. The van der Waals surface area contributed by atoms with E-state index < -0.39 is 5.97 Å². The predicted molar refractivity (Wildman–Crippen MR) is 84.1 cm³/mol. The Labute approximate surface area is 131 Å². The molecule has 1 aromatic rings. The molecule has 0 aliphatic rings. The summed E-state index contributed by atoms with van der Waals surface area (Å²) >= 11 is 0. The molecule has 0 atom stereocenters. The number of hydrogen-bond acceptors (Lipinski definition) is 5. The molecule has 0 aliphatic carbocycles. The molecule has 0 bridgehead atoms. The average molecular weight is 308 g/mol. The first-order valence-electron chi connectivity index (χ1n) is 7.27. The number of carbonyl (C=O) groups is 1. The fraction of sp³-hybridized carbons (Fsp3) is 0.471. The van der Waals surface area contributed by atoms with Gasteiger partial charge in [0.1, 0.15) is 19.0 Å². The number of aryl methyl sites for hydroxylation is 1. The van der Waals surface area contributed by atoms with Gasteiger partial charge in [0.05, 0.1) is 26.4 Å². The van der Waals surface area contributed by atoms with Crippen molar-refractivity contribution in [2.45, 2.75) is 13.8 Å². The van der Waals surface area contributed by atoms with Gasteiger partial charge in [-0.3, -0.25) is 0 Å². The van der Waals surface area contributed by atoms with Gasteiger partial charge in [0.15, 0.2) is 0 Å². The fourth-order valence-electron chi connectivity index (χ4n) is 1.49. The second kappa shape index (κ2) is 10.8. The number of rotatable bonds is 11. The largest absolute Gasteiger partial charge is 0.491 e. The van der Waals surface area contributed by atoms with Crippen molar-refractivity contribution in [1.82, 2.24) is 0 Å². The molecule has 0 saturated heterocycles. The molecule has 1 aromatic carbocycles. The van der Waals surface area contributed by atoms with E-state index in [9.17, 15) is 4.79 Å². The van der Waals surface area contributed by atoms with Gasteiger partial charge in [0.2, 0.25) is 0 Å². The predicted octanol–water partition coefficient (Wildman–Crippen LogP) is 2.53. The Balaban J connectivity index is 1.88. The maximum Gasteiger partial charge on any atom is 0.333 e. The quantitative estimate of drug-likeness (QED) is 0.357. The van der Waals surface area contributed by atoms with Crippen LogP contribution in [0.3, 0.4) is 0 Å². The van der Waals surface area contributed by atoms with E-state index in [-0.39, 0.29) is 6.61 Å². The Bertz CT molecular complexity index is 453. The van der Waals surface area contributed by atoms with Gasteiger partial charge in [-0.15, -0.1) is 0 Å². The molecular weight excluding hydrogens is 284 g/mol. The number of ether oxygens (including phenoxy) is 4. The molecule has 122 valence electrons. The van der Waals surface area contributed by atoms with E-state index in [0.717, 1.165) is 5.75 Å². The van der Waals surface area contributed by atoms with Gasteiger partial charge < -0.3 is 18.9 Å². The zero-order chi connectivity index (χ0) is 16.2. The van der Waals surface area contributed by atoms with E-state index in [4.69, 9.17) is 18.9 Å². The molecule has 0 fully saturated rings. The second-order valence-corrected chi connectivity index (χ2v) is 4.80. The normalized spacial score (nSPS) is 10.3. The summed E-state index contributed by atoms with van der Waals surface area (Å²) in [6.07, 6.45) is 0. The Morgan fingerprint density at radius 1 is 0.955 bits per heavy atom. The zero-order valence-electron chi connectivity index (χ0n) is 13.3. The van der Waals surface area contributed by atoms with Crippen LogP contribution in [0.25, 0.3) is 0 Å². The lowest BCUT2D eigenvalue weighted by Gasteiger charge is -2.08. The number of carbonyl (C=O) groups excluding carboxylic acids is 1. The van der Waals surface area contributed by atoms with Crippen molar-refractivity contribution in [3.05, 3.63) is 42.0 Å². The van der Waals surface area contributed by atoms with Crippen LogP contribution in [0.15, 0.2) is 36.4 Å². The highest BCUT2D eigenvalue weighted by Crippen LogP contribution is 2.10. The molecule has 0 aromatic heterocycles. The minimum atomic E-state index is -0.395. The minimum absolute atomic E-state index is 0.224. The van der Waals surface area contributed by atoms with E-state index in [1.807, 2.05) is 31.2 Å². The summed E-state index contributed by atoms with van der Waals surface area (Å²) in [7, 11) is 0. The van der Waals surface area contributed by atoms with E-state index in [2.05, 4.69) is 6.58 Å². The Kier molecular flexibility index (Phi) is 8.95. The molecule has 5 nitrogen and oxygen atoms in total. The van der Waals surface area contributed by atoms with Crippen LogP contribution in [0.1, 0.15) is 12.5 Å². The van der Waals surface area contributed by atoms with E-state index in [0.29, 0.717) is 38.6 Å². The molecule has 0 amide bonds. The van der Waals surface area contributed by atoms with Crippen molar-refractivity contribution in [2.24, 2.45) is 0 Å². The van der Waals surface area contributed by atoms with Crippen molar-refractivity contribution in [1.29, 1.82) is 0 Å². The molecule has 0 aliphatic heterocycles. The highest BCUT2D eigenvalue weighted by atomic mass is 16.6. The Morgan fingerprint density at radius 3 is 2.09 bits per heavy atom. The van der Waals surface area contributed by atoms with Crippen LogP contribution in [-0.4, -0.2) is 45.6 Å². The fourth-order valence-corrected chi connectivity index (χ4v) is 1.49. The van der Waals surface area contributed by atoms with Gasteiger partial charge in [0, 0.05) is 5.57 Å². The highest BCUT2D eigenvalue weighted by molar-refractivity contribution is 5.86. The van der Waals surface area contributed by atoms with Crippen LogP contribution in [0.5, 0.6) is 5.75 Å². The SMILES string of the molecule is C=C(C)C(=O)OCCOCCOCCOc1ccc(C)cc1. The number of esters is 1. The van der Waals surface area contributed by atoms with Crippen LogP contribution in [0.2, 0.25) is 0 Å². The molecular formula is C17H24O5. The van der Waals surface area contributed by atoms with Crippen molar-refractivity contribution in [3.8, 4) is 5.75 Å². The molecule has 22 heavy (non-hydrogen) atoms. The second-order valence-electron chi connectivity index (χ2n) is 4.80. The van der Waals surface area contributed by atoms with Gasteiger partial charge in [-0.25, -0.2) is 4.79 Å². The third kappa shape index (κ3) is 8.44. The number of benzene rings is 1. The number of hydrogen-bond donors (Lipinski definition) is 0. The van der Waals surface area contributed by atoms with Crippen LogP contribution < -0.4 is 4.74 Å². The molecule has 0 unspecified atom stereocenters. The summed E-state index contributed by atoms with van der Waals surface area (Å²) in [4.78, 5) is 11.1. The lowest BCUT2D eigenvalue weighted by molar-refractivity contribution is -0.140. The van der Waals surface area contributed by atoms with Gasteiger partial charge >= 0.3 is 5.97 Å². The van der Waals surface area contributed by atoms with E-state index >= 15 is 0 Å². The summed E-state index contributed by atoms with van der Waals surface area (Å²) in [5.74, 6) is 0.442. The zero-order valence-corrected chi connectivity index (χ0v) is 13.3. The minimum Gasteiger partial charge on any atom is -0.491 e. The maximum atomic E-state index is 11.1. The van der Waals surface area contributed by atoms with Crippen molar-refractivity contribution in [2.75, 3.05) is 39.6 Å². The van der Waals surface area contributed by atoms with Crippen molar-refractivity contribution in [3.63, 3.8) is 0 Å².